The summed E-state index contributed by atoms with van der Waals surface area (Å²) in [7, 11) is -4.54. The molecular formula is C50H50F2N8O11S2. The number of nitrogens with zero attached hydrogens (tertiary/aromatic N) is 6. The van der Waals surface area contributed by atoms with Crippen LogP contribution in [0.2, 0.25) is 0 Å². The van der Waals surface area contributed by atoms with Crippen LogP contribution >= 0.6 is 0 Å². The molecule has 2 aliphatic rings. The van der Waals surface area contributed by atoms with Crippen molar-refractivity contribution in [1.82, 2.24) is 30.2 Å². The van der Waals surface area contributed by atoms with Gasteiger partial charge in [-0.15, -0.1) is 0 Å². The Hall–Kier alpha value is -7.76. The van der Waals surface area contributed by atoms with Gasteiger partial charge in [0.15, 0.2) is 0 Å². The van der Waals surface area contributed by atoms with Gasteiger partial charge in [0.2, 0.25) is 20.0 Å². The first-order valence-electron chi connectivity index (χ1n) is 22.9. The molecule has 4 N–H and O–H groups in total. The second-order valence-corrected chi connectivity index (χ2v) is 21.2. The third kappa shape index (κ3) is 11.0. The van der Waals surface area contributed by atoms with E-state index in [1.807, 2.05) is 6.07 Å². The SMILES string of the molecule is CNC(=O)c1c2cc(C3CC3)c(N(CCO)S(C)(=O)=O)cc2nn1-c1ccc(F)cc1.CNC(=O)c1c2cc(C3CC3)c(N(CCOC(=O)c3ccccc3C(=O)O)S(C)(=O)=O)cc2nn1-c1ccc(F)cc1. The van der Waals surface area contributed by atoms with E-state index >= 15 is 0 Å². The molecule has 73 heavy (non-hydrogen) atoms. The first-order valence-corrected chi connectivity index (χ1v) is 26.6. The fraction of sp³-hybridized carbons (Fsp3) is 0.280. The van der Waals surface area contributed by atoms with Gasteiger partial charge >= 0.3 is 11.9 Å². The molecule has 9 rings (SSSR count). The minimum atomic E-state index is -3.89. The quantitative estimate of drug-likeness (QED) is 0.0779. The fourth-order valence-corrected chi connectivity index (χ4v) is 10.4. The number of hydrogen-bond donors (Lipinski definition) is 4. The number of carboxylic acids is 1. The first-order chi connectivity index (χ1) is 34.7. The van der Waals surface area contributed by atoms with E-state index in [2.05, 4.69) is 20.8 Å². The Morgan fingerprint density at radius 3 is 1.44 bits per heavy atom. The largest absolute Gasteiger partial charge is 0.478 e. The van der Waals surface area contributed by atoms with Crippen LogP contribution in [0.5, 0.6) is 0 Å². The topological polar surface area (TPSA) is 252 Å². The second-order valence-electron chi connectivity index (χ2n) is 17.4. The number of carbonyl (C=O) groups excluding carboxylic acids is 3. The molecule has 2 aliphatic carbocycles. The molecule has 0 spiro atoms. The highest BCUT2D eigenvalue weighted by molar-refractivity contribution is 7.92. The standard InChI is InChI=1S/C29H27FN4O7S.C21H23FN4O4S/c1-31-27(35)26-23-15-22(17-7-8-17)25(16-24(23)32-34(26)19-11-9-18(30)10-12-19)33(42(2,39)40)13-14-41-29(38)21-6-4-3-5-20(21)28(36)37;1-23-21(28)20-17-11-16(13-3-4-13)19(25(9-10-27)31(2,29)30)12-18(17)24-26(20)15-7-5-14(22)6-8-15/h3-6,9-12,15-17H,7-8,13-14H2,1-2H3,(H,31,35)(H,36,37);5-8,11-13,27H,3-4,9-10H2,1-2H3,(H,23,28). The molecule has 2 aromatic heterocycles. The zero-order valence-corrected chi connectivity index (χ0v) is 41.5. The lowest BCUT2D eigenvalue weighted by Crippen LogP contribution is -2.34. The highest BCUT2D eigenvalue weighted by atomic mass is 32.2. The number of benzene rings is 5. The summed E-state index contributed by atoms with van der Waals surface area (Å²) < 4.78 is 88.3. The predicted molar refractivity (Wildman–Crippen MR) is 268 cm³/mol. The molecule has 0 bridgehead atoms. The van der Waals surface area contributed by atoms with E-state index in [4.69, 9.17) is 4.74 Å². The summed E-state index contributed by atoms with van der Waals surface area (Å²) >= 11 is 0. The number of ether oxygens (including phenoxy) is 1. The normalized spacial score (nSPS) is 13.5. The third-order valence-electron chi connectivity index (χ3n) is 12.2. The van der Waals surface area contributed by atoms with Crippen molar-refractivity contribution in [3.8, 4) is 11.4 Å². The van der Waals surface area contributed by atoms with Crippen molar-refractivity contribution in [2.75, 3.05) is 61.5 Å². The maximum atomic E-state index is 13.6. The lowest BCUT2D eigenvalue weighted by atomic mass is 10.0. The van der Waals surface area contributed by atoms with Crippen molar-refractivity contribution in [2.45, 2.75) is 37.5 Å². The zero-order valence-electron chi connectivity index (χ0n) is 39.9. The number of rotatable bonds is 17. The second kappa shape index (κ2) is 20.8. The van der Waals surface area contributed by atoms with E-state index in [1.54, 1.807) is 18.2 Å². The van der Waals surface area contributed by atoms with E-state index < -0.39 is 49.5 Å². The first kappa shape index (κ1) is 51.6. The monoisotopic (exact) mass is 1040 g/mol. The molecule has 2 saturated carbocycles. The summed E-state index contributed by atoms with van der Waals surface area (Å²) in [5.41, 5.74) is 4.10. The van der Waals surface area contributed by atoms with Gasteiger partial charge in [-0.3, -0.25) is 18.2 Å². The number of carbonyl (C=O) groups is 4. The number of aliphatic hydroxyl groups excluding tert-OH is 1. The number of aliphatic hydroxyl groups is 1. The number of fused-ring (bicyclic) bond motifs is 2. The molecule has 2 heterocycles. The van der Waals surface area contributed by atoms with Crippen molar-refractivity contribution in [2.24, 2.45) is 0 Å². The molecule has 23 heteroatoms. The lowest BCUT2D eigenvalue weighted by Gasteiger charge is -2.25. The minimum absolute atomic E-state index is 0.0466. The Kier molecular flexibility index (Phi) is 14.7. The number of sulfonamides is 2. The number of hydrogen-bond acceptors (Lipinski definition) is 12. The van der Waals surface area contributed by atoms with Gasteiger partial charge in [-0.05, 0) is 134 Å². The summed E-state index contributed by atoms with van der Waals surface area (Å²) in [6.07, 6.45) is 5.59. The predicted octanol–water partition coefficient (Wildman–Crippen LogP) is 5.88. The molecule has 19 nitrogen and oxygen atoms in total. The van der Waals surface area contributed by atoms with Gasteiger partial charge < -0.3 is 25.6 Å². The van der Waals surface area contributed by atoms with Crippen molar-refractivity contribution in [1.29, 1.82) is 0 Å². The maximum absolute atomic E-state index is 13.6. The Balaban J connectivity index is 0.000000204. The molecule has 0 unspecified atom stereocenters. The number of nitrogens with one attached hydrogen (secondary N) is 2. The van der Waals surface area contributed by atoms with Gasteiger partial charge in [0.05, 0.1) is 77.1 Å². The van der Waals surface area contributed by atoms with Crippen LogP contribution in [-0.2, 0) is 24.8 Å². The Bertz CT molecular complexity index is 3520. The highest BCUT2D eigenvalue weighted by Gasteiger charge is 2.35. The minimum Gasteiger partial charge on any atom is -0.478 e. The van der Waals surface area contributed by atoms with E-state index in [9.17, 15) is 55.0 Å². The highest BCUT2D eigenvalue weighted by Crippen LogP contribution is 2.48. The number of aromatic carboxylic acids is 1. The molecule has 5 aromatic carbocycles. The molecule has 2 amide bonds. The number of anilines is 2. The molecule has 2 fully saturated rings. The van der Waals surface area contributed by atoms with Crippen molar-refractivity contribution in [3.05, 3.63) is 142 Å². The molecule has 0 radical (unpaired) electrons. The summed E-state index contributed by atoms with van der Waals surface area (Å²) in [6.45, 7) is -1.00. The summed E-state index contributed by atoms with van der Waals surface area (Å²) in [4.78, 5) is 49.9. The molecule has 0 aliphatic heterocycles. The van der Waals surface area contributed by atoms with Crippen LogP contribution < -0.4 is 19.2 Å². The van der Waals surface area contributed by atoms with Crippen molar-refractivity contribution < 1.29 is 59.7 Å². The van der Waals surface area contributed by atoms with Crippen LogP contribution in [-0.4, -0.2) is 123 Å². The van der Waals surface area contributed by atoms with E-state index in [0.29, 0.717) is 50.1 Å². The number of carboxylic acid groups (broad SMARTS) is 1. The van der Waals surface area contributed by atoms with E-state index in [1.165, 1.54) is 101 Å². The molecule has 7 aromatic rings. The van der Waals surface area contributed by atoms with Gasteiger partial charge in [0.1, 0.15) is 29.6 Å². The average Bonchev–Trinajstić information content (AvgIpc) is 4.31. The molecule has 382 valence electrons. The molecular weight excluding hydrogens is 991 g/mol. The van der Waals surface area contributed by atoms with Crippen molar-refractivity contribution in [3.63, 3.8) is 0 Å². The maximum Gasteiger partial charge on any atom is 0.339 e. The summed E-state index contributed by atoms with van der Waals surface area (Å²) in [6, 6.07) is 23.4. The fourth-order valence-electron chi connectivity index (χ4n) is 8.53. The van der Waals surface area contributed by atoms with Crippen LogP contribution in [0.1, 0.15) is 90.3 Å². The summed E-state index contributed by atoms with van der Waals surface area (Å²) in [5, 5.41) is 34.2. The number of halogens is 2. The van der Waals surface area contributed by atoms with E-state index in [0.717, 1.165) is 48.1 Å². The smallest absolute Gasteiger partial charge is 0.339 e. The van der Waals surface area contributed by atoms with E-state index in [-0.39, 0.29) is 66.6 Å². The van der Waals surface area contributed by atoms with Crippen molar-refractivity contribution >= 4 is 77.0 Å². The molecule has 0 atom stereocenters. The number of esters is 1. The van der Waals surface area contributed by atoms with Gasteiger partial charge in [-0.25, -0.2) is 44.6 Å². The van der Waals surface area contributed by atoms with Gasteiger partial charge in [0.25, 0.3) is 11.8 Å². The zero-order chi connectivity index (χ0) is 52.5. The van der Waals surface area contributed by atoms with Crippen LogP contribution in [0.3, 0.4) is 0 Å². The van der Waals surface area contributed by atoms with Gasteiger partial charge in [-0.2, -0.15) is 10.2 Å². The van der Waals surface area contributed by atoms with Gasteiger partial charge in [0, 0.05) is 24.9 Å². The van der Waals surface area contributed by atoms with Crippen LogP contribution in [0, 0.1) is 11.6 Å². The van der Waals surface area contributed by atoms with Crippen LogP contribution in [0.25, 0.3) is 33.2 Å². The number of amides is 2. The van der Waals surface area contributed by atoms with Crippen LogP contribution in [0.4, 0.5) is 20.2 Å². The van der Waals surface area contributed by atoms with Gasteiger partial charge in [-0.1, -0.05) is 12.1 Å². The Labute approximate surface area is 418 Å². The molecule has 0 saturated heterocycles. The summed E-state index contributed by atoms with van der Waals surface area (Å²) in [5.74, 6) is -3.62. The Morgan fingerprint density at radius 1 is 0.658 bits per heavy atom. The number of aromatic nitrogens is 4. The third-order valence-corrected chi connectivity index (χ3v) is 14.6. The average molecular weight is 1040 g/mol. The van der Waals surface area contributed by atoms with Crippen LogP contribution in [0.15, 0.2) is 97.1 Å². The Morgan fingerprint density at radius 2 is 1.07 bits per heavy atom. The lowest BCUT2D eigenvalue weighted by molar-refractivity contribution is 0.0506.